The van der Waals surface area contributed by atoms with E-state index in [1.165, 1.54) is 6.92 Å². The molecule has 0 aliphatic rings. The van der Waals surface area contributed by atoms with Gasteiger partial charge in [0.05, 0.1) is 0 Å². The highest BCUT2D eigenvalue weighted by Crippen LogP contribution is 2.11. The van der Waals surface area contributed by atoms with Crippen molar-refractivity contribution >= 4 is 17.5 Å². The maximum absolute atomic E-state index is 11.8. The molecule has 2 amide bonds. The van der Waals surface area contributed by atoms with Crippen LogP contribution in [0.25, 0.3) is 0 Å². The zero-order valence-corrected chi connectivity index (χ0v) is 11.8. The molecular weight excluding hydrogens is 240 g/mol. The van der Waals surface area contributed by atoms with Gasteiger partial charge in [-0.05, 0) is 31.9 Å². The molecule has 0 aromatic heterocycles. The summed E-state index contributed by atoms with van der Waals surface area (Å²) in [4.78, 5) is 23.1. The molecule has 1 aromatic carbocycles. The van der Waals surface area contributed by atoms with Crippen molar-refractivity contribution in [1.29, 1.82) is 0 Å². The van der Waals surface area contributed by atoms with Crippen LogP contribution in [0, 0.1) is 0 Å². The molecule has 19 heavy (non-hydrogen) atoms. The highest BCUT2D eigenvalue weighted by atomic mass is 16.2. The average Bonchev–Trinajstić information content (AvgIpc) is 2.38. The Morgan fingerprint density at radius 1 is 1.26 bits per heavy atom. The summed E-state index contributed by atoms with van der Waals surface area (Å²) < 4.78 is 0. The lowest BCUT2D eigenvalue weighted by molar-refractivity contribution is 0.101. The van der Waals surface area contributed by atoms with Crippen LogP contribution in [0.4, 0.5) is 10.5 Å². The van der Waals surface area contributed by atoms with Crippen LogP contribution in [0.15, 0.2) is 24.3 Å². The number of carbonyl (C=O) groups excluding carboxylic acids is 2. The lowest BCUT2D eigenvalue weighted by Gasteiger charge is -2.16. The molecule has 0 saturated carbocycles. The third-order valence-corrected chi connectivity index (χ3v) is 2.99. The largest absolute Gasteiger partial charge is 0.335 e. The van der Waals surface area contributed by atoms with Crippen molar-refractivity contribution in [2.75, 3.05) is 5.32 Å². The van der Waals surface area contributed by atoms with E-state index < -0.39 is 0 Å². The van der Waals surface area contributed by atoms with Crippen LogP contribution < -0.4 is 10.6 Å². The number of ketones is 1. The van der Waals surface area contributed by atoms with Crippen molar-refractivity contribution < 1.29 is 9.59 Å². The SMILES string of the molecule is CCCC(CC)NC(=O)Nc1cccc(C(C)=O)c1. The Bertz CT molecular complexity index is 444. The standard InChI is InChI=1S/C15H22N2O2/c1-4-7-13(5-2)16-15(19)17-14-9-6-8-12(10-14)11(3)18/h6,8-10,13H,4-5,7H2,1-3H3,(H2,16,17,19). The molecule has 1 aromatic rings. The van der Waals surface area contributed by atoms with Gasteiger partial charge < -0.3 is 10.6 Å². The van der Waals surface area contributed by atoms with E-state index in [0.717, 1.165) is 19.3 Å². The van der Waals surface area contributed by atoms with Gasteiger partial charge in [-0.15, -0.1) is 0 Å². The van der Waals surface area contributed by atoms with Crippen molar-refractivity contribution in [2.45, 2.75) is 46.1 Å². The van der Waals surface area contributed by atoms with Gasteiger partial charge in [-0.1, -0.05) is 32.4 Å². The van der Waals surface area contributed by atoms with Gasteiger partial charge in [-0.3, -0.25) is 4.79 Å². The molecule has 0 fully saturated rings. The summed E-state index contributed by atoms with van der Waals surface area (Å²) in [6.07, 6.45) is 2.92. The van der Waals surface area contributed by atoms with E-state index in [-0.39, 0.29) is 17.9 Å². The molecule has 4 nitrogen and oxygen atoms in total. The van der Waals surface area contributed by atoms with E-state index in [9.17, 15) is 9.59 Å². The summed E-state index contributed by atoms with van der Waals surface area (Å²) in [5.74, 6) is -0.0125. The van der Waals surface area contributed by atoms with Gasteiger partial charge in [-0.2, -0.15) is 0 Å². The van der Waals surface area contributed by atoms with E-state index in [4.69, 9.17) is 0 Å². The van der Waals surface area contributed by atoms with E-state index in [0.29, 0.717) is 11.3 Å². The number of nitrogens with one attached hydrogen (secondary N) is 2. The predicted octanol–water partition coefficient (Wildman–Crippen LogP) is 3.59. The fraction of sp³-hybridized carbons (Fsp3) is 0.467. The van der Waals surface area contributed by atoms with Crippen molar-refractivity contribution in [3.63, 3.8) is 0 Å². The van der Waals surface area contributed by atoms with Crippen molar-refractivity contribution in [3.8, 4) is 0 Å². The summed E-state index contributed by atoms with van der Waals surface area (Å²) >= 11 is 0. The Balaban J connectivity index is 2.61. The first kappa shape index (κ1) is 15.2. The van der Waals surface area contributed by atoms with Gasteiger partial charge >= 0.3 is 6.03 Å². The molecule has 0 saturated heterocycles. The zero-order chi connectivity index (χ0) is 14.3. The Kier molecular flexibility index (Phi) is 6.06. The van der Waals surface area contributed by atoms with Crippen LogP contribution in [-0.4, -0.2) is 17.9 Å². The van der Waals surface area contributed by atoms with E-state index >= 15 is 0 Å². The Hall–Kier alpha value is -1.84. The highest BCUT2D eigenvalue weighted by molar-refractivity contribution is 5.96. The number of benzene rings is 1. The number of hydrogen-bond donors (Lipinski definition) is 2. The summed E-state index contributed by atoms with van der Waals surface area (Å²) in [7, 11) is 0. The van der Waals surface area contributed by atoms with Gasteiger partial charge in [-0.25, -0.2) is 4.79 Å². The molecule has 0 spiro atoms. The fourth-order valence-electron chi connectivity index (χ4n) is 1.90. The van der Waals surface area contributed by atoms with Gasteiger partial charge in [0.25, 0.3) is 0 Å². The molecule has 0 heterocycles. The van der Waals surface area contributed by atoms with Crippen LogP contribution in [0.1, 0.15) is 50.4 Å². The molecule has 0 radical (unpaired) electrons. The van der Waals surface area contributed by atoms with Gasteiger partial charge in [0.15, 0.2) is 5.78 Å². The summed E-state index contributed by atoms with van der Waals surface area (Å²) in [5.41, 5.74) is 1.23. The number of amides is 2. The number of Topliss-reactive ketones (excluding diaryl/α,β-unsaturated/α-hetero) is 1. The Morgan fingerprint density at radius 3 is 2.58 bits per heavy atom. The molecule has 0 bridgehead atoms. The van der Waals surface area contributed by atoms with Gasteiger partial charge in [0.1, 0.15) is 0 Å². The van der Waals surface area contributed by atoms with E-state index in [2.05, 4.69) is 24.5 Å². The van der Waals surface area contributed by atoms with Gasteiger partial charge in [0, 0.05) is 17.3 Å². The maximum atomic E-state index is 11.8. The van der Waals surface area contributed by atoms with Crippen LogP contribution >= 0.6 is 0 Å². The average molecular weight is 262 g/mol. The van der Waals surface area contributed by atoms with Crippen molar-refractivity contribution in [3.05, 3.63) is 29.8 Å². The fourth-order valence-corrected chi connectivity index (χ4v) is 1.90. The smallest absolute Gasteiger partial charge is 0.319 e. The first-order valence-electron chi connectivity index (χ1n) is 6.75. The third-order valence-electron chi connectivity index (χ3n) is 2.99. The Morgan fingerprint density at radius 2 is 2.00 bits per heavy atom. The van der Waals surface area contributed by atoms with Crippen molar-refractivity contribution in [2.24, 2.45) is 0 Å². The minimum absolute atomic E-state index is 0.0125. The molecule has 104 valence electrons. The van der Waals surface area contributed by atoms with E-state index in [1.54, 1.807) is 24.3 Å². The zero-order valence-electron chi connectivity index (χ0n) is 11.8. The number of anilines is 1. The minimum Gasteiger partial charge on any atom is -0.335 e. The van der Waals surface area contributed by atoms with Crippen LogP contribution in [0.2, 0.25) is 0 Å². The number of rotatable bonds is 6. The quantitative estimate of drug-likeness (QED) is 0.770. The minimum atomic E-state index is -0.221. The molecule has 1 atom stereocenters. The van der Waals surface area contributed by atoms with Crippen LogP contribution in [-0.2, 0) is 0 Å². The molecule has 4 heteroatoms. The first-order valence-corrected chi connectivity index (χ1v) is 6.75. The summed E-state index contributed by atoms with van der Waals surface area (Å²) in [6.45, 7) is 5.66. The number of hydrogen-bond acceptors (Lipinski definition) is 2. The molecule has 0 aliphatic carbocycles. The van der Waals surface area contributed by atoms with E-state index in [1.807, 2.05) is 0 Å². The normalized spacial score (nSPS) is 11.7. The summed E-state index contributed by atoms with van der Waals surface area (Å²) in [5, 5.41) is 5.69. The first-order chi connectivity index (χ1) is 9.06. The lowest BCUT2D eigenvalue weighted by atomic mass is 10.1. The maximum Gasteiger partial charge on any atom is 0.319 e. The molecule has 2 N–H and O–H groups in total. The number of carbonyl (C=O) groups is 2. The third kappa shape index (κ3) is 5.12. The molecular formula is C15H22N2O2. The summed E-state index contributed by atoms with van der Waals surface area (Å²) in [6, 6.07) is 6.92. The predicted molar refractivity (Wildman–Crippen MR) is 77.6 cm³/mol. The molecule has 0 aliphatic heterocycles. The molecule has 1 unspecified atom stereocenters. The van der Waals surface area contributed by atoms with Gasteiger partial charge in [0.2, 0.25) is 0 Å². The second kappa shape index (κ2) is 7.56. The van der Waals surface area contributed by atoms with Crippen LogP contribution in [0.3, 0.4) is 0 Å². The topological polar surface area (TPSA) is 58.2 Å². The lowest BCUT2D eigenvalue weighted by Crippen LogP contribution is -2.37. The second-order valence-electron chi connectivity index (χ2n) is 4.63. The molecule has 1 rings (SSSR count). The van der Waals surface area contributed by atoms with Crippen molar-refractivity contribution in [1.82, 2.24) is 5.32 Å². The Labute approximate surface area is 114 Å². The highest BCUT2D eigenvalue weighted by Gasteiger charge is 2.09. The number of urea groups is 1. The monoisotopic (exact) mass is 262 g/mol. The van der Waals surface area contributed by atoms with Crippen LogP contribution in [0.5, 0.6) is 0 Å². The second-order valence-corrected chi connectivity index (χ2v) is 4.63.